The molecule has 3 nitrogen and oxygen atoms in total. The van der Waals surface area contributed by atoms with Crippen molar-refractivity contribution in [2.24, 2.45) is 0 Å². The molecular formula is C15H23NO2SSe. The molecule has 1 aromatic carbocycles. The van der Waals surface area contributed by atoms with E-state index in [-0.39, 0.29) is 15.0 Å². The quantitative estimate of drug-likeness (QED) is 0.792. The van der Waals surface area contributed by atoms with E-state index in [1.54, 1.807) is 6.07 Å². The van der Waals surface area contributed by atoms with Gasteiger partial charge in [0, 0.05) is 0 Å². The van der Waals surface area contributed by atoms with E-state index in [9.17, 15) is 8.42 Å². The van der Waals surface area contributed by atoms with E-state index in [1.807, 2.05) is 25.1 Å². The van der Waals surface area contributed by atoms with Gasteiger partial charge in [-0.3, -0.25) is 0 Å². The average molecular weight is 360 g/mol. The molecule has 0 spiro atoms. The number of benzene rings is 1. The summed E-state index contributed by atoms with van der Waals surface area (Å²) in [5.41, 5.74) is 0. The Morgan fingerprint density at radius 1 is 1.20 bits per heavy atom. The van der Waals surface area contributed by atoms with E-state index in [0.717, 1.165) is 10.9 Å². The van der Waals surface area contributed by atoms with Gasteiger partial charge in [-0.15, -0.1) is 0 Å². The number of nitrogens with one attached hydrogen (secondary N) is 1. The average Bonchev–Trinajstić information content (AvgIpc) is 2.47. The van der Waals surface area contributed by atoms with Gasteiger partial charge in [0.2, 0.25) is 0 Å². The molecule has 0 aromatic heterocycles. The summed E-state index contributed by atoms with van der Waals surface area (Å²) >= 11 is 0.262. The van der Waals surface area contributed by atoms with Crippen LogP contribution < -0.4 is 9.18 Å². The Labute approximate surface area is 128 Å². The summed E-state index contributed by atoms with van der Waals surface area (Å²) in [6.45, 7) is 2.48. The molecule has 0 saturated heterocycles. The van der Waals surface area contributed by atoms with Crippen LogP contribution in [-0.4, -0.2) is 29.9 Å². The van der Waals surface area contributed by atoms with Crippen LogP contribution in [0.25, 0.3) is 0 Å². The number of hydrogen-bond acceptors (Lipinski definition) is 2. The van der Waals surface area contributed by atoms with Gasteiger partial charge in [-0.05, 0) is 0 Å². The van der Waals surface area contributed by atoms with Gasteiger partial charge in [0.1, 0.15) is 0 Å². The first kappa shape index (κ1) is 16.0. The van der Waals surface area contributed by atoms with Gasteiger partial charge in [0.05, 0.1) is 0 Å². The van der Waals surface area contributed by atoms with Crippen LogP contribution in [0.1, 0.15) is 45.4 Å². The summed E-state index contributed by atoms with van der Waals surface area (Å²) < 4.78 is 28.4. The van der Waals surface area contributed by atoms with E-state index < -0.39 is 10.0 Å². The van der Waals surface area contributed by atoms with Crippen LogP contribution in [-0.2, 0) is 10.0 Å². The van der Waals surface area contributed by atoms with Crippen LogP contribution in [0.2, 0.25) is 4.82 Å². The van der Waals surface area contributed by atoms with Gasteiger partial charge in [0.25, 0.3) is 0 Å². The predicted octanol–water partition coefficient (Wildman–Crippen LogP) is 2.46. The number of sulfonamides is 1. The second kappa shape index (κ2) is 7.60. The zero-order valence-electron chi connectivity index (χ0n) is 12.0. The Hall–Kier alpha value is -0.351. The summed E-state index contributed by atoms with van der Waals surface area (Å²) in [6.07, 6.45) is 7.28. The van der Waals surface area contributed by atoms with Gasteiger partial charge in [-0.25, -0.2) is 0 Å². The molecule has 1 N–H and O–H groups in total. The molecule has 1 aromatic rings. The van der Waals surface area contributed by atoms with Crippen molar-refractivity contribution in [2.45, 2.75) is 55.2 Å². The molecule has 1 fully saturated rings. The fourth-order valence-electron chi connectivity index (χ4n) is 2.45. The molecule has 5 heteroatoms. The molecule has 1 aliphatic carbocycles. The maximum atomic E-state index is 12.4. The van der Waals surface area contributed by atoms with Gasteiger partial charge >= 0.3 is 129 Å². The van der Waals surface area contributed by atoms with Crippen molar-refractivity contribution in [1.29, 1.82) is 0 Å². The van der Waals surface area contributed by atoms with E-state index >= 15 is 0 Å². The third-order valence-corrected chi connectivity index (χ3v) is 8.31. The van der Waals surface area contributed by atoms with Crippen LogP contribution >= 0.6 is 0 Å². The Bertz CT molecular complexity index is 524. The third kappa shape index (κ3) is 4.32. The molecule has 1 saturated carbocycles. The molecule has 1 aliphatic rings. The monoisotopic (exact) mass is 361 g/mol. The minimum atomic E-state index is -3.34. The van der Waals surface area contributed by atoms with Crippen molar-refractivity contribution in [2.75, 3.05) is 6.54 Å². The minimum absolute atomic E-state index is 0.262. The van der Waals surface area contributed by atoms with E-state index in [1.165, 1.54) is 32.1 Å². The Morgan fingerprint density at radius 3 is 2.60 bits per heavy atom. The van der Waals surface area contributed by atoms with Crippen LogP contribution in [0, 0.1) is 0 Å². The van der Waals surface area contributed by atoms with Crippen molar-refractivity contribution in [1.82, 2.24) is 4.72 Å². The standard InChI is InChI=1S/C15H23NO2SSe/c1-2-12-16-19(17,18)14-10-6-7-11-15(14)20-13-8-4-3-5-9-13/h6-7,10-11,13,16H,2-5,8-9,12H2,1H3. The summed E-state index contributed by atoms with van der Waals surface area (Å²) in [5.74, 6) is 0. The molecule has 0 unspecified atom stereocenters. The van der Waals surface area contributed by atoms with Crippen molar-refractivity contribution in [3.8, 4) is 0 Å². The van der Waals surface area contributed by atoms with E-state index in [4.69, 9.17) is 0 Å². The molecule has 0 bridgehead atoms. The number of rotatable bonds is 6. The van der Waals surface area contributed by atoms with E-state index in [0.29, 0.717) is 16.3 Å². The van der Waals surface area contributed by atoms with Crippen LogP contribution in [0.5, 0.6) is 0 Å². The normalized spacial score (nSPS) is 17.2. The first-order valence-electron chi connectivity index (χ1n) is 7.39. The van der Waals surface area contributed by atoms with E-state index in [2.05, 4.69) is 4.72 Å². The molecule has 0 aliphatic heterocycles. The van der Waals surface area contributed by atoms with Gasteiger partial charge in [0.15, 0.2) is 0 Å². The van der Waals surface area contributed by atoms with Crippen LogP contribution in [0.4, 0.5) is 0 Å². The fourth-order valence-corrected chi connectivity index (χ4v) is 7.27. The Morgan fingerprint density at radius 2 is 1.90 bits per heavy atom. The summed E-state index contributed by atoms with van der Waals surface area (Å²) in [4.78, 5) is 1.21. The zero-order chi connectivity index (χ0) is 14.4. The molecule has 20 heavy (non-hydrogen) atoms. The van der Waals surface area contributed by atoms with Crippen molar-refractivity contribution in [3.63, 3.8) is 0 Å². The second-order valence-corrected chi connectivity index (χ2v) is 9.77. The molecule has 0 radical (unpaired) electrons. The van der Waals surface area contributed by atoms with Gasteiger partial charge in [-0.1, -0.05) is 0 Å². The molecule has 0 atom stereocenters. The second-order valence-electron chi connectivity index (χ2n) is 5.22. The molecule has 0 amide bonds. The summed E-state index contributed by atoms with van der Waals surface area (Å²) in [6, 6.07) is 7.52. The van der Waals surface area contributed by atoms with Crippen molar-refractivity contribution < 1.29 is 8.42 Å². The van der Waals surface area contributed by atoms with Crippen LogP contribution in [0.3, 0.4) is 0 Å². The first-order chi connectivity index (χ1) is 9.63. The number of hydrogen-bond donors (Lipinski definition) is 1. The van der Waals surface area contributed by atoms with Crippen LogP contribution in [0.15, 0.2) is 29.2 Å². The predicted molar refractivity (Wildman–Crippen MR) is 84.1 cm³/mol. The molecule has 0 heterocycles. The first-order valence-corrected chi connectivity index (χ1v) is 10.7. The maximum absolute atomic E-state index is 12.4. The Kier molecular flexibility index (Phi) is 6.09. The summed E-state index contributed by atoms with van der Waals surface area (Å²) in [5, 5.41) is 0. The molecule has 2 rings (SSSR count). The third-order valence-electron chi connectivity index (χ3n) is 3.53. The topological polar surface area (TPSA) is 46.2 Å². The van der Waals surface area contributed by atoms with Crippen molar-refractivity contribution in [3.05, 3.63) is 24.3 Å². The fraction of sp³-hybridized carbons (Fsp3) is 0.600. The molecular weight excluding hydrogens is 337 g/mol. The Balaban J connectivity index is 2.17. The molecule has 112 valence electrons. The SMILES string of the molecule is CCCNS(=O)(=O)c1ccccc1[Se]C1CCCCC1. The summed E-state index contributed by atoms with van der Waals surface area (Å²) in [7, 11) is -3.34. The zero-order valence-corrected chi connectivity index (χ0v) is 14.5. The van der Waals surface area contributed by atoms with Gasteiger partial charge in [-0.2, -0.15) is 0 Å². The van der Waals surface area contributed by atoms with Crippen molar-refractivity contribution >= 4 is 29.4 Å². The van der Waals surface area contributed by atoms with Gasteiger partial charge < -0.3 is 0 Å².